The molecule has 2 heteroatoms. The van der Waals surface area contributed by atoms with Gasteiger partial charge < -0.3 is 5.11 Å². The first-order valence-corrected chi connectivity index (χ1v) is 5.73. The van der Waals surface area contributed by atoms with Crippen molar-refractivity contribution in [1.29, 1.82) is 0 Å². The summed E-state index contributed by atoms with van der Waals surface area (Å²) in [5.74, 6) is 0. The summed E-state index contributed by atoms with van der Waals surface area (Å²) in [6.07, 6.45) is 6.09. The van der Waals surface area contributed by atoms with Gasteiger partial charge in [0.15, 0.2) is 0 Å². The Hall–Kier alpha value is -0.340. The van der Waals surface area contributed by atoms with Crippen molar-refractivity contribution in [2.24, 2.45) is 0 Å². The molecule has 0 spiro atoms. The monoisotopic (exact) mass is 197 g/mol. The predicted octanol–water partition coefficient (Wildman–Crippen LogP) is 2.19. The summed E-state index contributed by atoms with van der Waals surface area (Å²) in [6, 6.07) is 0.792. The number of nitrogens with zero attached hydrogens (tertiary/aromatic N) is 1. The third kappa shape index (κ3) is 3.81. The lowest BCUT2D eigenvalue weighted by molar-refractivity contribution is 0.118. The van der Waals surface area contributed by atoms with E-state index in [1.165, 1.54) is 24.8 Å². The second-order valence-corrected chi connectivity index (χ2v) is 4.40. The molecule has 1 saturated carbocycles. The minimum Gasteiger partial charge on any atom is -0.396 e. The van der Waals surface area contributed by atoms with Gasteiger partial charge >= 0.3 is 0 Å². The highest BCUT2D eigenvalue weighted by molar-refractivity contribution is 4.90. The van der Waals surface area contributed by atoms with Crippen LogP contribution in [0, 0.1) is 0 Å². The molecular weight excluding hydrogens is 174 g/mol. The molecule has 1 rings (SSSR count). The predicted molar refractivity (Wildman–Crippen MR) is 60.3 cm³/mol. The number of aliphatic hydroxyl groups is 1. The van der Waals surface area contributed by atoms with Gasteiger partial charge in [0.1, 0.15) is 0 Å². The van der Waals surface area contributed by atoms with E-state index in [2.05, 4.69) is 18.4 Å². The van der Waals surface area contributed by atoms with Gasteiger partial charge in [-0.3, -0.25) is 4.90 Å². The number of rotatable bonds is 7. The highest BCUT2D eigenvalue weighted by Crippen LogP contribution is 2.25. The van der Waals surface area contributed by atoms with E-state index in [1.54, 1.807) is 0 Å². The zero-order chi connectivity index (χ0) is 10.4. The van der Waals surface area contributed by atoms with Crippen LogP contribution in [0.2, 0.25) is 0 Å². The molecule has 0 aromatic carbocycles. The van der Waals surface area contributed by atoms with Gasteiger partial charge in [0.25, 0.3) is 0 Å². The molecule has 0 saturated heterocycles. The van der Waals surface area contributed by atoms with Crippen molar-refractivity contribution < 1.29 is 5.11 Å². The minimum atomic E-state index is 0.316. The van der Waals surface area contributed by atoms with Crippen LogP contribution in [0.3, 0.4) is 0 Å². The molecule has 0 heterocycles. The third-order valence-electron chi connectivity index (χ3n) is 3.02. The largest absolute Gasteiger partial charge is 0.396 e. The number of hydrogen-bond donors (Lipinski definition) is 1. The lowest BCUT2D eigenvalue weighted by Gasteiger charge is -2.37. The van der Waals surface area contributed by atoms with Crippen molar-refractivity contribution in [3.63, 3.8) is 0 Å². The van der Waals surface area contributed by atoms with Crippen molar-refractivity contribution in [2.75, 3.05) is 19.7 Å². The first-order valence-electron chi connectivity index (χ1n) is 5.73. The fourth-order valence-electron chi connectivity index (χ4n) is 1.84. The Bertz CT molecular complexity index is 175. The van der Waals surface area contributed by atoms with E-state index in [-0.39, 0.29) is 0 Å². The van der Waals surface area contributed by atoms with E-state index in [0.29, 0.717) is 6.61 Å². The zero-order valence-corrected chi connectivity index (χ0v) is 9.34. The first-order chi connectivity index (χ1) is 6.74. The molecule has 14 heavy (non-hydrogen) atoms. The molecule has 0 aliphatic heterocycles. The van der Waals surface area contributed by atoms with E-state index in [0.717, 1.165) is 32.0 Å². The molecule has 1 aliphatic carbocycles. The fourth-order valence-corrected chi connectivity index (χ4v) is 1.84. The first kappa shape index (κ1) is 11.7. The Morgan fingerprint density at radius 3 is 2.57 bits per heavy atom. The third-order valence-corrected chi connectivity index (χ3v) is 3.02. The van der Waals surface area contributed by atoms with Gasteiger partial charge in [-0.1, -0.05) is 12.0 Å². The molecule has 82 valence electrons. The summed E-state index contributed by atoms with van der Waals surface area (Å²) in [5, 5.41) is 8.82. The summed E-state index contributed by atoms with van der Waals surface area (Å²) < 4.78 is 0. The van der Waals surface area contributed by atoms with Crippen LogP contribution in [0.1, 0.15) is 39.0 Å². The molecular formula is C12H23NO. The van der Waals surface area contributed by atoms with Crippen LogP contribution in [0.25, 0.3) is 0 Å². The van der Waals surface area contributed by atoms with Crippen molar-refractivity contribution in [3.8, 4) is 0 Å². The van der Waals surface area contributed by atoms with Gasteiger partial charge in [0.2, 0.25) is 0 Å². The number of aliphatic hydroxyl groups excluding tert-OH is 1. The van der Waals surface area contributed by atoms with E-state index < -0.39 is 0 Å². The van der Waals surface area contributed by atoms with Gasteiger partial charge in [0, 0.05) is 25.7 Å². The zero-order valence-electron chi connectivity index (χ0n) is 9.34. The van der Waals surface area contributed by atoms with Crippen molar-refractivity contribution >= 4 is 0 Å². The van der Waals surface area contributed by atoms with E-state index in [4.69, 9.17) is 5.11 Å². The Kier molecular flexibility index (Phi) is 5.20. The van der Waals surface area contributed by atoms with E-state index in [1.807, 2.05) is 0 Å². The second-order valence-electron chi connectivity index (χ2n) is 4.40. The molecule has 0 radical (unpaired) electrons. The maximum Gasteiger partial charge on any atom is 0.0443 e. The second kappa shape index (κ2) is 6.20. The molecule has 2 nitrogen and oxygen atoms in total. The molecule has 0 aromatic heterocycles. The number of hydrogen-bond acceptors (Lipinski definition) is 2. The molecule has 1 aliphatic rings. The SMILES string of the molecule is C=C(C)CCN(CCCO)C1CCC1. The van der Waals surface area contributed by atoms with Gasteiger partial charge in [-0.2, -0.15) is 0 Å². The standard InChI is InChI=1S/C12H23NO/c1-11(2)7-9-13(8-4-10-14)12-5-3-6-12/h12,14H,1,3-10H2,2H3. The van der Waals surface area contributed by atoms with Crippen LogP contribution in [-0.4, -0.2) is 35.7 Å². The Morgan fingerprint density at radius 2 is 2.14 bits per heavy atom. The van der Waals surface area contributed by atoms with E-state index in [9.17, 15) is 0 Å². The molecule has 0 amide bonds. The quantitative estimate of drug-likeness (QED) is 0.632. The molecule has 1 fully saturated rings. The van der Waals surface area contributed by atoms with Gasteiger partial charge in [0.05, 0.1) is 0 Å². The smallest absolute Gasteiger partial charge is 0.0443 e. The maximum absolute atomic E-state index is 8.82. The van der Waals surface area contributed by atoms with Crippen molar-refractivity contribution in [2.45, 2.75) is 45.1 Å². The van der Waals surface area contributed by atoms with Crippen LogP contribution in [0.5, 0.6) is 0 Å². The van der Waals surface area contributed by atoms with E-state index >= 15 is 0 Å². The highest BCUT2D eigenvalue weighted by Gasteiger charge is 2.23. The summed E-state index contributed by atoms with van der Waals surface area (Å²) in [5.41, 5.74) is 1.26. The molecule has 0 unspecified atom stereocenters. The van der Waals surface area contributed by atoms with Crippen LogP contribution in [0.4, 0.5) is 0 Å². The van der Waals surface area contributed by atoms with Gasteiger partial charge in [-0.25, -0.2) is 0 Å². The van der Waals surface area contributed by atoms with Crippen molar-refractivity contribution in [1.82, 2.24) is 4.90 Å². The molecule has 0 atom stereocenters. The normalized spacial score (nSPS) is 17.1. The van der Waals surface area contributed by atoms with Crippen LogP contribution >= 0.6 is 0 Å². The summed E-state index contributed by atoms with van der Waals surface area (Å²) in [7, 11) is 0. The van der Waals surface area contributed by atoms with Gasteiger partial charge in [-0.05, 0) is 32.6 Å². The van der Waals surface area contributed by atoms with Gasteiger partial charge in [-0.15, -0.1) is 6.58 Å². The molecule has 0 bridgehead atoms. The Balaban J connectivity index is 2.24. The van der Waals surface area contributed by atoms with Crippen LogP contribution in [0.15, 0.2) is 12.2 Å². The fraction of sp³-hybridized carbons (Fsp3) is 0.833. The topological polar surface area (TPSA) is 23.5 Å². The molecule has 1 N–H and O–H groups in total. The summed E-state index contributed by atoms with van der Waals surface area (Å²) in [6.45, 7) is 8.51. The summed E-state index contributed by atoms with van der Waals surface area (Å²) >= 11 is 0. The average Bonchev–Trinajstić information content (AvgIpc) is 2.06. The minimum absolute atomic E-state index is 0.316. The van der Waals surface area contributed by atoms with Crippen LogP contribution in [-0.2, 0) is 0 Å². The van der Waals surface area contributed by atoms with Crippen LogP contribution < -0.4 is 0 Å². The maximum atomic E-state index is 8.82. The van der Waals surface area contributed by atoms with Crippen molar-refractivity contribution in [3.05, 3.63) is 12.2 Å². The molecule has 0 aromatic rings. The average molecular weight is 197 g/mol. The Labute approximate surface area is 87.6 Å². The Morgan fingerprint density at radius 1 is 1.43 bits per heavy atom. The lowest BCUT2D eigenvalue weighted by Crippen LogP contribution is -2.41. The highest BCUT2D eigenvalue weighted by atomic mass is 16.3. The summed E-state index contributed by atoms with van der Waals surface area (Å²) in [4.78, 5) is 2.52. The lowest BCUT2D eigenvalue weighted by atomic mass is 9.91.